The summed E-state index contributed by atoms with van der Waals surface area (Å²) < 4.78 is 0. The maximum atomic E-state index is 5.37. The number of hydrogen-bond acceptors (Lipinski definition) is 4. The van der Waals surface area contributed by atoms with Gasteiger partial charge < -0.3 is 10.6 Å². The Kier molecular flexibility index (Phi) is 2.17. The fourth-order valence-corrected chi connectivity index (χ4v) is 0.594. The van der Waals surface area contributed by atoms with Crippen LogP contribution >= 0.6 is 0 Å². The van der Waals surface area contributed by atoms with Gasteiger partial charge in [0.15, 0.2) is 0 Å². The Labute approximate surface area is 59.7 Å². The van der Waals surface area contributed by atoms with Gasteiger partial charge in [-0.25, -0.2) is 9.97 Å². The summed E-state index contributed by atoms with van der Waals surface area (Å²) >= 11 is 0. The van der Waals surface area contributed by atoms with Crippen LogP contribution in [0.25, 0.3) is 0 Å². The Morgan fingerprint density at radius 2 is 2.10 bits per heavy atom. The second kappa shape index (κ2) is 3.12. The van der Waals surface area contributed by atoms with Crippen LogP contribution in [-0.4, -0.2) is 23.7 Å². The molecule has 1 rings (SSSR count). The molecule has 0 aliphatic rings. The lowest BCUT2D eigenvalue weighted by Gasteiger charge is -2.14. The number of nitrogens with two attached hydrogens (primary N) is 1. The molecule has 1 heterocycles. The van der Waals surface area contributed by atoms with Crippen LogP contribution in [0.2, 0.25) is 0 Å². The molecule has 1 aromatic rings. The molecule has 0 radical (unpaired) electrons. The van der Waals surface area contributed by atoms with Gasteiger partial charge in [-0.15, -0.1) is 0 Å². The van der Waals surface area contributed by atoms with Gasteiger partial charge in [0.05, 0.1) is 24.7 Å². The van der Waals surface area contributed by atoms with Gasteiger partial charge in [-0.1, -0.05) is 0 Å². The summed E-state index contributed by atoms with van der Waals surface area (Å²) in [5.41, 5.74) is 6.31. The van der Waals surface area contributed by atoms with E-state index in [0.717, 1.165) is 5.69 Å². The fraction of sp³-hybridized carbons (Fsp3) is 0.333. The normalized spacial score (nSPS) is 9.40. The van der Waals surface area contributed by atoms with E-state index in [1.165, 1.54) is 6.33 Å². The number of hydrogen-bond donors (Lipinski definition) is 1. The minimum absolute atomic E-state index is 0.480. The van der Waals surface area contributed by atoms with Gasteiger partial charge in [-0.2, -0.15) is 0 Å². The molecule has 0 aliphatic heterocycles. The third-order valence-corrected chi connectivity index (χ3v) is 1.26. The lowest BCUT2D eigenvalue weighted by atomic mass is 10.5. The zero-order valence-electron chi connectivity index (χ0n) is 5.86. The van der Waals surface area contributed by atoms with Crippen LogP contribution in [0.15, 0.2) is 18.7 Å². The molecule has 0 aromatic carbocycles. The third kappa shape index (κ3) is 1.41. The molecular weight excluding hydrogens is 128 g/mol. The van der Waals surface area contributed by atoms with Gasteiger partial charge in [0.2, 0.25) is 0 Å². The molecule has 0 atom stereocenters. The van der Waals surface area contributed by atoms with Crippen molar-refractivity contribution in [3.8, 4) is 0 Å². The summed E-state index contributed by atoms with van der Waals surface area (Å²) in [5.74, 6) is 0. The molecule has 2 N–H and O–H groups in total. The fourth-order valence-electron chi connectivity index (χ4n) is 0.594. The Hall–Kier alpha value is -1.16. The van der Waals surface area contributed by atoms with E-state index >= 15 is 0 Å². The predicted octanol–water partition coefficient (Wildman–Crippen LogP) is -0.171. The van der Waals surface area contributed by atoms with Crippen LogP contribution in [0.1, 0.15) is 0 Å². The van der Waals surface area contributed by atoms with Gasteiger partial charge in [-0.3, -0.25) is 0 Å². The molecule has 4 heteroatoms. The van der Waals surface area contributed by atoms with E-state index < -0.39 is 0 Å². The van der Waals surface area contributed by atoms with Crippen LogP contribution in [0.4, 0.5) is 5.69 Å². The van der Waals surface area contributed by atoms with Crippen LogP contribution in [0.3, 0.4) is 0 Å². The molecule has 0 aliphatic carbocycles. The Morgan fingerprint density at radius 3 is 2.60 bits per heavy atom. The molecule has 0 amide bonds. The first-order chi connectivity index (χ1) is 4.84. The highest BCUT2D eigenvalue weighted by Crippen LogP contribution is 2.04. The summed E-state index contributed by atoms with van der Waals surface area (Å²) in [6, 6.07) is 0. The second-order valence-corrected chi connectivity index (χ2v) is 1.98. The van der Waals surface area contributed by atoms with Gasteiger partial charge in [-0.05, 0) is 0 Å². The minimum atomic E-state index is 0.480. The second-order valence-electron chi connectivity index (χ2n) is 1.98. The lowest BCUT2D eigenvalue weighted by molar-refractivity contribution is 0.919. The molecule has 4 nitrogen and oxygen atoms in total. The molecule has 0 fully saturated rings. The number of aromatic nitrogens is 2. The summed E-state index contributed by atoms with van der Waals surface area (Å²) in [6.07, 6.45) is 4.94. The van der Waals surface area contributed by atoms with Crippen molar-refractivity contribution >= 4 is 5.69 Å². The van der Waals surface area contributed by atoms with Crippen LogP contribution in [0, 0.1) is 0 Å². The minimum Gasteiger partial charge on any atom is -0.360 e. The first-order valence-corrected chi connectivity index (χ1v) is 3.01. The molecule has 0 unspecified atom stereocenters. The molecule has 1 aromatic heterocycles. The Balaban J connectivity index is 2.75. The first-order valence-electron chi connectivity index (χ1n) is 3.01. The average Bonchev–Trinajstić information content (AvgIpc) is 2.05. The van der Waals surface area contributed by atoms with E-state index in [2.05, 4.69) is 9.97 Å². The molecule has 0 saturated heterocycles. The molecule has 0 saturated carbocycles. The standard InChI is InChI=1S/C6H10N4/c1-10(4-7)6-2-8-5-9-3-6/h2-3,5H,4,7H2,1H3. The smallest absolute Gasteiger partial charge is 0.115 e. The Morgan fingerprint density at radius 1 is 1.50 bits per heavy atom. The van der Waals surface area contributed by atoms with Crippen LogP contribution in [-0.2, 0) is 0 Å². The lowest BCUT2D eigenvalue weighted by Crippen LogP contribution is -2.25. The summed E-state index contributed by atoms with van der Waals surface area (Å²) in [5, 5.41) is 0. The molecule has 0 spiro atoms. The molecule has 54 valence electrons. The van der Waals surface area contributed by atoms with E-state index in [1.54, 1.807) is 12.4 Å². The van der Waals surface area contributed by atoms with E-state index in [0.29, 0.717) is 6.67 Å². The third-order valence-electron chi connectivity index (χ3n) is 1.26. The number of nitrogens with zero attached hydrogens (tertiary/aromatic N) is 3. The summed E-state index contributed by atoms with van der Waals surface area (Å²) in [7, 11) is 1.89. The topological polar surface area (TPSA) is 55.0 Å². The number of rotatable bonds is 2. The maximum Gasteiger partial charge on any atom is 0.115 e. The molecular formula is C6H10N4. The van der Waals surface area contributed by atoms with E-state index in [4.69, 9.17) is 5.73 Å². The highest BCUT2D eigenvalue weighted by molar-refractivity contribution is 5.39. The van der Waals surface area contributed by atoms with Crippen molar-refractivity contribution in [1.82, 2.24) is 9.97 Å². The highest BCUT2D eigenvalue weighted by Gasteiger charge is 1.94. The van der Waals surface area contributed by atoms with Gasteiger partial charge in [0.25, 0.3) is 0 Å². The van der Waals surface area contributed by atoms with Crippen molar-refractivity contribution < 1.29 is 0 Å². The maximum absolute atomic E-state index is 5.37. The first kappa shape index (κ1) is 6.95. The van der Waals surface area contributed by atoms with E-state index in [9.17, 15) is 0 Å². The van der Waals surface area contributed by atoms with Crippen LogP contribution in [0.5, 0.6) is 0 Å². The summed E-state index contributed by atoms with van der Waals surface area (Å²) in [4.78, 5) is 9.55. The summed E-state index contributed by atoms with van der Waals surface area (Å²) in [6.45, 7) is 0.480. The monoisotopic (exact) mass is 138 g/mol. The van der Waals surface area contributed by atoms with Crippen molar-refractivity contribution in [3.63, 3.8) is 0 Å². The van der Waals surface area contributed by atoms with Crippen molar-refractivity contribution in [2.24, 2.45) is 5.73 Å². The van der Waals surface area contributed by atoms with Crippen LogP contribution < -0.4 is 10.6 Å². The quantitative estimate of drug-likeness (QED) is 0.576. The number of anilines is 1. The van der Waals surface area contributed by atoms with E-state index in [1.807, 2.05) is 11.9 Å². The van der Waals surface area contributed by atoms with E-state index in [-0.39, 0.29) is 0 Å². The van der Waals surface area contributed by atoms with Gasteiger partial charge in [0, 0.05) is 7.05 Å². The van der Waals surface area contributed by atoms with Crippen molar-refractivity contribution in [3.05, 3.63) is 18.7 Å². The average molecular weight is 138 g/mol. The zero-order valence-corrected chi connectivity index (χ0v) is 5.86. The van der Waals surface area contributed by atoms with Gasteiger partial charge >= 0.3 is 0 Å². The molecule has 0 bridgehead atoms. The Bertz CT molecular complexity index is 186. The van der Waals surface area contributed by atoms with Crippen molar-refractivity contribution in [1.29, 1.82) is 0 Å². The van der Waals surface area contributed by atoms with Crippen molar-refractivity contribution in [2.75, 3.05) is 18.6 Å². The SMILES string of the molecule is CN(CN)c1cncnc1. The highest BCUT2D eigenvalue weighted by atomic mass is 15.2. The largest absolute Gasteiger partial charge is 0.360 e. The zero-order chi connectivity index (χ0) is 7.40. The van der Waals surface area contributed by atoms with Crippen molar-refractivity contribution in [2.45, 2.75) is 0 Å². The van der Waals surface area contributed by atoms with Gasteiger partial charge in [0.1, 0.15) is 6.33 Å². The predicted molar refractivity (Wildman–Crippen MR) is 39.5 cm³/mol. The molecule has 10 heavy (non-hydrogen) atoms.